The maximum atomic E-state index is 2.55. The zero-order valence-electron chi connectivity index (χ0n) is 33.8. The van der Waals surface area contributed by atoms with Crippen LogP contribution < -0.4 is 4.90 Å². The standard InChI is InChI=1S/C58H39NS2/c1-57(2)46-18-6-3-14-40(46)42-32-31-39(35-50(42)57)59(38-29-26-36(27-30-38)37-28-33-53-45(34-37)43-16-5-10-23-52(43)60-53)51-22-13-17-44-41-15-4-7-19-47(41)58(56(44)51)48-20-8-11-24-54(48)61-55-25-12-9-21-49(55)58/h3-35H,1-2H3. The number of benzene rings is 9. The van der Waals surface area contributed by atoms with Gasteiger partial charge in [0, 0.05) is 52.3 Å². The minimum Gasteiger partial charge on any atom is -0.310 e. The van der Waals surface area contributed by atoms with Crippen LogP contribution in [0.15, 0.2) is 210 Å². The molecule has 0 bridgehead atoms. The average molecular weight is 814 g/mol. The van der Waals surface area contributed by atoms with Gasteiger partial charge in [0.15, 0.2) is 0 Å². The summed E-state index contributed by atoms with van der Waals surface area (Å²) >= 11 is 3.76. The van der Waals surface area contributed by atoms with Crippen LogP contribution in [0, 0.1) is 0 Å². The first-order chi connectivity index (χ1) is 30.0. The Morgan fingerprint density at radius 1 is 0.393 bits per heavy atom. The molecule has 61 heavy (non-hydrogen) atoms. The van der Waals surface area contributed by atoms with Gasteiger partial charge in [-0.3, -0.25) is 0 Å². The largest absolute Gasteiger partial charge is 0.310 e. The van der Waals surface area contributed by atoms with Crippen molar-refractivity contribution in [1.29, 1.82) is 0 Å². The molecule has 0 unspecified atom stereocenters. The van der Waals surface area contributed by atoms with Gasteiger partial charge >= 0.3 is 0 Å². The first-order valence-electron chi connectivity index (χ1n) is 21.2. The van der Waals surface area contributed by atoms with Crippen LogP contribution in [0.1, 0.15) is 47.2 Å². The molecule has 3 heteroatoms. The van der Waals surface area contributed by atoms with Crippen LogP contribution in [0.25, 0.3) is 53.6 Å². The Balaban J connectivity index is 1.06. The second-order valence-corrected chi connectivity index (χ2v) is 19.3. The van der Waals surface area contributed by atoms with Crippen LogP contribution in [0.3, 0.4) is 0 Å². The lowest BCUT2D eigenvalue weighted by Gasteiger charge is -2.42. The number of rotatable bonds is 4. The summed E-state index contributed by atoms with van der Waals surface area (Å²) in [5.74, 6) is 0. The molecular weight excluding hydrogens is 775 g/mol. The van der Waals surface area contributed by atoms with Gasteiger partial charge in [-0.25, -0.2) is 0 Å². The van der Waals surface area contributed by atoms with E-state index >= 15 is 0 Å². The molecule has 3 aliphatic rings. The Labute approximate surface area is 364 Å². The third-order valence-corrected chi connectivity index (χ3v) is 16.0. The van der Waals surface area contributed by atoms with Crippen LogP contribution in [0.5, 0.6) is 0 Å². The summed E-state index contributed by atoms with van der Waals surface area (Å²) < 4.78 is 2.66. The molecule has 0 N–H and O–H groups in total. The van der Waals surface area contributed by atoms with E-state index in [-0.39, 0.29) is 5.41 Å². The number of anilines is 3. The topological polar surface area (TPSA) is 3.24 Å². The van der Waals surface area contributed by atoms with Gasteiger partial charge in [-0.1, -0.05) is 165 Å². The first-order valence-corrected chi connectivity index (χ1v) is 22.8. The number of thiophene rings is 1. The molecule has 1 aliphatic heterocycles. The minimum atomic E-state index is -0.524. The molecule has 0 radical (unpaired) electrons. The first kappa shape index (κ1) is 35.1. The van der Waals surface area contributed by atoms with E-state index in [1.165, 1.54) is 102 Å². The zero-order valence-corrected chi connectivity index (χ0v) is 35.4. The lowest BCUT2D eigenvalue weighted by atomic mass is 9.66. The van der Waals surface area contributed by atoms with E-state index in [4.69, 9.17) is 0 Å². The summed E-state index contributed by atoms with van der Waals surface area (Å²) in [5, 5.41) is 2.65. The second-order valence-electron chi connectivity index (χ2n) is 17.2. The highest BCUT2D eigenvalue weighted by molar-refractivity contribution is 7.99. The molecule has 288 valence electrons. The van der Waals surface area contributed by atoms with Crippen molar-refractivity contribution < 1.29 is 0 Å². The van der Waals surface area contributed by atoms with E-state index in [0.29, 0.717) is 0 Å². The Bertz CT molecular complexity index is 3400. The van der Waals surface area contributed by atoms with E-state index < -0.39 is 5.41 Å². The van der Waals surface area contributed by atoms with Crippen molar-refractivity contribution in [2.45, 2.75) is 34.5 Å². The van der Waals surface area contributed by atoms with Crippen LogP contribution in [-0.4, -0.2) is 0 Å². The van der Waals surface area contributed by atoms with Crippen LogP contribution in [0.4, 0.5) is 17.1 Å². The molecule has 0 saturated carbocycles. The van der Waals surface area contributed by atoms with Crippen LogP contribution in [-0.2, 0) is 10.8 Å². The van der Waals surface area contributed by atoms with Crippen LogP contribution >= 0.6 is 23.1 Å². The second kappa shape index (κ2) is 12.9. The molecular formula is C58H39NS2. The van der Waals surface area contributed by atoms with Crippen molar-refractivity contribution in [3.8, 4) is 33.4 Å². The summed E-state index contributed by atoms with van der Waals surface area (Å²) in [6, 6.07) is 75.6. The summed E-state index contributed by atoms with van der Waals surface area (Å²) in [6.07, 6.45) is 0. The monoisotopic (exact) mass is 813 g/mol. The van der Waals surface area contributed by atoms with Gasteiger partial charge in [-0.2, -0.15) is 0 Å². The Kier molecular flexibility index (Phi) is 7.45. The Morgan fingerprint density at radius 3 is 1.74 bits per heavy atom. The molecule has 0 saturated heterocycles. The normalized spacial score (nSPS) is 14.6. The maximum Gasteiger partial charge on any atom is 0.0755 e. The maximum absolute atomic E-state index is 2.55. The fourth-order valence-electron chi connectivity index (χ4n) is 11.0. The van der Waals surface area contributed by atoms with E-state index in [1.54, 1.807) is 0 Å². The quantitative estimate of drug-likeness (QED) is 0.174. The van der Waals surface area contributed by atoms with Crippen molar-refractivity contribution >= 4 is 60.3 Å². The van der Waals surface area contributed by atoms with E-state index in [9.17, 15) is 0 Å². The fourth-order valence-corrected chi connectivity index (χ4v) is 13.3. The molecule has 0 amide bonds. The van der Waals surface area contributed by atoms with Gasteiger partial charge in [-0.05, 0) is 122 Å². The molecule has 9 aromatic carbocycles. The van der Waals surface area contributed by atoms with Crippen molar-refractivity contribution in [2.75, 3.05) is 4.90 Å². The van der Waals surface area contributed by atoms with Crippen molar-refractivity contribution in [3.63, 3.8) is 0 Å². The molecule has 2 aliphatic carbocycles. The molecule has 0 fully saturated rings. The highest BCUT2D eigenvalue weighted by Gasteiger charge is 2.52. The number of nitrogens with zero attached hydrogens (tertiary/aromatic N) is 1. The van der Waals surface area contributed by atoms with Crippen LogP contribution in [0.2, 0.25) is 0 Å². The van der Waals surface area contributed by atoms with E-state index in [1.807, 2.05) is 23.1 Å². The summed E-state index contributed by atoms with van der Waals surface area (Å²) in [5.41, 5.74) is 18.6. The lowest BCUT2D eigenvalue weighted by molar-refractivity contribution is 0.660. The fraction of sp³-hybridized carbons (Fsp3) is 0.0690. The molecule has 10 aromatic rings. The van der Waals surface area contributed by atoms with Crippen molar-refractivity contribution in [3.05, 3.63) is 234 Å². The number of hydrogen-bond acceptors (Lipinski definition) is 3. The molecule has 0 atom stereocenters. The van der Waals surface area contributed by atoms with E-state index in [2.05, 4.69) is 219 Å². The van der Waals surface area contributed by atoms with Gasteiger partial charge in [-0.15, -0.1) is 11.3 Å². The molecule has 1 spiro atoms. The number of fused-ring (bicyclic) bond motifs is 15. The van der Waals surface area contributed by atoms with Crippen molar-refractivity contribution in [1.82, 2.24) is 0 Å². The molecule has 2 heterocycles. The van der Waals surface area contributed by atoms with Gasteiger partial charge in [0.2, 0.25) is 0 Å². The molecule has 1 nitrogen and oxygen atoms in total. The summed E-state index contributed by atoms with van der Waals surface area (Å²) in [4.78, 5) is 5.17. The highest BCUT2D eigenvalue weighted by atomic mass is 32.2. The summed E-state index contributed by atoms with van der Waals surface area (Å²) in [6.45, 7) is 4.76. The number of hydrogen-bond donors (Lipinski definition) is 0. The molecule has 1 aromatic heterocycles. The third kappa shape index (κ3) is 4.85. The van der Waals surface area contributed by atoms with Gasteiger partial charge < -0.3 is 4.90 Å². The minimum absolute atomic E-state index is 0.142. The van der Waals surface area contributed by atoms with Crippen molar-refractivity contribution in [2.24, 2.45) is 0 Å². The van der Waals surface area contributed by atoms with Gasteiger partial charge in [0.1, 0.15) is 0 Å². The lowest BCUT2D eigenvalue weighted by Crippen LogP contribution is -2.33. The summed E-state index contributed by atoms with van der Waals surface area (Å²) in [7, 11) is 0. The average Bonchev–Trinajstić information content (AvgIpc) is 3.91. The SMILES string of the molecule is CC1(C)c2ccccc2-c2ccc(N(c3ccc(-c4ccc5sc6ccccc6c5c4)cc3)c3cccc4c3C3(c5ccccc5Sc5ccccc53)c3ccccc3-4)cc21. The Morgan fingerprint density at radius 2 is 0.967 bits per heavy atom. The van der Waals surface area contributed by atoms with Gasteiger partial charge in [0.05, 0.1) is 11.1 Å². The Hall–Kier alpha value is -6.65. The zero-order chi connectivity index (χ0) is 40.5. The smallest absolute Gasteiger partial charge is 0.0755 e. The third-order valence-electron chi connectivity index (χ3n) is 13.7. The predicted octanol–water partition coefficient (Wildman–Crippen LogP) is 16.3. The predicted molar refractivity (Wildman–Crippen MR) is 258 cm³/mol. The highest BCUT2D eigenvalue weighted by Crippen LogP contribution is 2.65. The van der Waals surface area contributed by atoms with E-state index in [0.717, 1.165) is 11.4 Å². The molecule has 13 rings (SSSR count). The van der Waals surface area contributed by atoms with Gasteiger partial charge in [0.25, 0.3) is 0 Å².